The summed E-state index contributed by atoms with van der Waals surface area (Å²) in [5.74, 6) is -2.91. The standard InChI is InChI=1S/C22H18ClN3O10S/c1-10(27)34-7-11-9-37-21-17(20(29)25(21)18(11)22(30)31)24-19(28)15-5-3-13(36-15)8-35-16-6-12(26(32)33)2-4-14(16)23/h2-6,17,21H,7-9H2,1H3,(H,24,28)(H,30,31)/t17-,21+/m0/s1. The van der Waals surface area contributed by atoms with Crippen molar-refractivity contribution in [3.05, 3.63) is 68.3 Å². The lowest BCUT2D eigenvalue weighted by molar-refractivity contribution is -0.384. The van der Waals surface area contributed by atoms with E-state index >= 15 is 0 Å². The number of carbonyl (C=O) groups excluding carboxylic acids is 3. The zero-order valence-corrected chi connectivity index (χ0v) is 20.5. The molecule has 3 heterocycles. The molecule has 2 aliphatic heterocycles. The molecule has 0 bridgehead atoms. The average Bonchev–Trinajstić information content (AvgIpc) is 3.33. The van der Waals surface area contributed by atoms with Gasteiger partial charge < -0.3 is 24.3 Å². The van der Waals surface area contributed by atoms with Crippen LogP contribution in [0.5, 0.6) is 5.75 Å². The number of hydrogen-bond donors (Lipinski definition) is 2. The van der Waals surface area contributed by atoms with Crippen LogP contribution in [0.2, 0.25) is 5.02 Å². The Kier molecular flexibility index (Phi) is 7.40. The molecule has 194 valence electrons. The van der Waals surface area contributed by atoms with E-state index in [-0.39, 0.29) is 58.2 Å². The number of carboxylic acids is 1. The van der Waals surface area contributed by atoms with Crippen molar-refractivity contribution in [2.75, 3.05) is 12.4 Å². The smallest absolute Gasteiger partial charge is 0.352 e. The molecule has 2 amide bonds. The van der Waals surface area contributed by atoms with E-state index < -0.39 is 40.1 Å². The lowest BCUT2D eigenvalue weighted by Gasteiger charge is -2.49. The minimum atomic E-state index is -1.34. The Balaban J connectivity index is 1.39. The van der Waals surface area contributed by atoms with Crippen molar-refractivity contribution in [2.45, 2.75) is 24.9 Å². The van der Waals surface area contributed by atoms with Gasteiger partial charge in [0, 0.05) is 24.3 Å². The lowest BCUT2D eigenvalue weighted by Crippen LogP contribution is -2.70. The third-order valence-electron chi connectivity index (χ3n) is 5.37. The number of non-ortho nitro benzene ring substituents is 1. The molecule has 13 nitrogen and oxygen atoms in total. The summed E-state index contributed by atoms with van der Waals surface area (Å²) in [6.45, 7) is 0.756. The number of ether oxygens (including phenoxy) is 2. The molecule has 0 unspecified atom stereocenters. The molecule has 1 aromatic carbocycles. The van der Waals surface area contributed by atoms with E-state index in [2.05, 4.69) is 5.32 Å². The van der Waals surface area contributed by atoms with Gasteiger partial charge >= 0.3 is 11.9 Å². The lowest BCUT2D eigenvalue weighted by atomic mass is 10.0. The van der Waals surface area contributed by atoms with Crippen molar-refractivity contribution in [3.63, 3.8) is 0 Å². The average molecular weight is 552 g/mol. The number of carbonyl (C=O) groups is 4. The van der Waals surface area contributed by atoms with Gasteiger partial charge in [0.25, 0.3) is 17.5 Å². The normalized spacial score (nSPS) is 18.5. The van der Waals surface area contributed by atoms with Gasteiger partial charge in [0.15, 0.2) is 5.76 Å². The number of furan rings is 1. The van der Waals surface area contributed by atoms with E-state index in [1.165, 1.54) is 43.0 Å². The topological polar surface area (TPSA) is 179 Å². The molecule has 2 aliphatic rings. The number of rotatable bonds is 9. The van der Waals surface area contributed by atoms with Crippen molar-refractivity contribution in [3.8, 4) is 5.75 Å². The van der Waals surface area contributed by atoms with E-state index in [1.54, 1.807) is 0 Å². The number of esters is 1. The highest BCUT2D eigenvalue weighted by Gasteiger charge is 2.54. The maximum Gasteiger partial charge on any atom is 0.352 e. The molecule has 0 radical (unpaired) electrons. The van der Waals surface area contributed by atoms with Crippen LogP contribution in [0.15, 0.2) is 46.0 Å². The van der Waals surface area contributed by atoms with Gasteiger partial charge in [-0.15, -0.1) is 11.8 Å². The Bertz CT molecular complexity index is 1340. The minimum Gasteiger partial charge on any atom is -0.484 e. The number of nitro groups is 1. The minimum absolute atomic E-state index is 0.0584. The Hall–Kier alpha value is -4.04. The number of fused-ring (bicyclic) bond motifs is 1. The quantitative estimate of drug-likeness (QED) is 0.202. The summed E-state index contributed by atoms with van der Waals surface area (Å²) in [5, 5.41) is 22.6. The van der Waals surface area contributed by atoms with Gasteiger partial charge in [0.1, 0.15) is 41.8 Å². The second kappa shape index (κ2) is 10.5. The fraction of sp³-hybridized carbons (Fsp3) is 0.273. The molecule has 1 saturated heterocycles. The number of nitrogens with zero attached hydrogens (tertiary/aromatic N) is 2. The molecule has 0 aliphatic carbocycles. The van der Waals surface area contributed by atoms with Crippen LogP contribution in [0.3, 0.4) is 0 Å². The van der Waals surface area contributed by atoms with Crippen LogP contribution in [-0.4, -0.2) is 62.5 Å². The molecule has 0 spiro atoms. The molecule has 15 heteroatoms. The Morgan fingerprint density at radius 3 is 2.73 bits per heavy atom. The van der Waals surface area contributed by atoms with Crippen molar-refractivity contribution in [2.24, 2.45) is 0 Å². The fourth-order valence-corrected chi connectivity index (χ4v) is 5.14. The first kappa shape index (κ1) is 26.0. The van der Waals surface area contributed by atoms with Gasteiger partial charge in [-0.1, -0.05) is 11.6 Å². The molecule has 1 fully saturated rings. The van der Waals surface area contributed by atoms with E-state index in [1.807, 2.05) is 0 Å². The monoisotopic (exact) mass is 551 g/mol. The Morgan fingerprint density at radius 2 is 2.05 bits per heavy atom. The zero-order chi connectivity index (χ0) is 26.9. The third-order valence-corrected chi connectivity index (χ3v) is 7.02. The highest BCUT2D eigenvalue weighted by atomic mass is 35.5. The second-order valence-corrected chi connectivity index (χ2v) is 9.34. The summed E-state index contributed by atoms with van der Waals surface area (Å²) >= 11 is 7.23. The van der Waals surface area contributed by atoms with Crippen LogP contribution in [0.1, 0.15) is 23.2 Å². The number of benzene rings is 1. The second-order valence-electron chi connectivity index (χ2n) is 7.82. The van der Waals surface area contributed by atoms with E-state index in [4.69, 9.17) is 25.5 Å². The van der Waals surface area contributed by atoms with Gasteiger partial charge in [-0.2, -0.15) is 0 Å². The predicted molar refractivity (Wildman–Crippen MR) is 127 cm³/mol. The number of amides is 2. The zero-order valence-electron chi connectivity index (χ0n) is 19.0. The molecule has 2 aromatic rings. The highest BCUT2D eigenvalue weighted by molar-refractivity contribution is 8.00. The van der Waals surface area contributed by atoms with Crippen molar-refractivity contribution in [1.29, 1.82) is 0 Å². The maximum absolute atomic E-state index is 12.7. The van der Waals surface area contributed by atoms with Crippen molar-refractivity contribution < 1.29 is 43.1 Å². The Morgan fingerprint density at radius 1 is 1.30 bits per heavy atom. The number of nitro benzene ring substituents is 1. The van der Waals surface area contributed by atoms with E-state index in [0.717, 1.165) is 11.0 Å². The molecular formula is C22H18ClN3O10S. The Labute approximate surface area is 217 Å². The number of nitrogens with one attached hydrogen (secondary N) is 1. The number of thioether (sulfide) groups is 1. The summed E-state index contributed by atoms with van der Waals surface area (Å²) in [5.41, 5.74) is -0.197. The number of carboxylic acid groups (broad SMARTS) is 1. The van der Waals surface area contributed by atoms with Gasteiger partial charge in [-0.05, 0) is 18.2 Å². The first-order chi connectivity index (χ1) is 17.6. The fourth-order valence-electron chi connectivity index (χ4n) is 3.64. The van der Waals surface area contributed by atoms with Gasteiger partial charge in [-0.25, -0.2) is 4.79 Å². The molecular weight excluding hydrogens is 534 g/mol. The predicted octanol–water partition coefficient (Wildman–Crippen LogP) is 2.34. The van der Waals surface area contributed by atoms with Gasteiger partial charge in [-0.3, -0.25) is 29.4 Å². The highest BCUT2D eigenvalue weighted by Crippen LogP contribution is 2.40. The van der Waals surface area contributed by atoms with Crippen LogP contribution in [0, 0.1) is 10.1 Å². The van der Waals surface area contributed by atoms with Crippen LogP contribution in [0.25, 0.3) is 0 Å². The van der Waals surface area contributed by atoms with Crippen LogP contribution in [0.4, 0.5) is 5.69 Å². The number of hydrogen-bond acceptors (Lipinski definition) is 10. The molecule has 37 heavy (non-hydrogen) atoms. The molecule has 2 atom stereocenters. The van der Waals surface area contributed by atoms with Crippen LogP contribution >= 0.6 is 23.4 Å². The van der Waals surface area contributed by atoms with Crippen LogP contribution < -0.4 is 10.1 Å². The summed E-state index contributed by atoms with van der Waals surface area (Å²) in [4.78, 5) is 59.7. The van der Waals surface area contributed by atoms with Crippen molar-refractivity contribution >= 4 is 52.8 Å². The first-order valence-corrected chi connectivity index (χ1v) is 12.0. The SMILES string of the molecule is CC(=O)OCC1=C(C(=O)O)N2C(=O)[C@H](NC(=O)c3ccc(COc4cc([N+](=O)[O-])ccc4Cl)o3)[C@H]2SC1. The summed E-state index contributed by atoms with van der Waals surface area (Å²) in [6.07, 6.45) is 0. The van der Waals surface area contributed by atoms with Crippen LogP contribution in [-0.2, 0) is 25.7 Å². The summed E-state index contributed by atoms with van der Waals surface area (Å²) < 4.78 is 15.8. The van der Waals surface area contributed by atoms with E-state index in [0.29, 0.717) is 0 Å². The summed E-state index contributed by atoms with van der Waals surface area (Å²) in [7, 11) is 0. The van der Waals surface area contributed by atoms with Gasteiger partial charge in [0.05, 0.1) is 16.0 Å². The molecule has 2 N–H and O–H groups in total. The third kappa shape index (κ3) is 5.39. The van der Waals surface area contributed by atoms with E-state index in [9.17, 15) is 34.4 Å². The number of halogens is 1. The van der Waals surface area contributed by atoms with Gasteiger partial charge in [0.2, 0.25) is 0 Å². The molecule has 0 saturated carbocycles. The number of aliphatic carboxylic acids is 1. The number of β-lactam (4-membered cyclic amide) rings is 1. The largest absolute Gasteiger partial charge is 0.484 e. The molecule has 4 rings (SSSR count). The first-order valence-electron chi connectivity index (χ1n) is 10.6. The molecule has 1 aromatic heterocycles. The summed E-state index contributed by atoms with van der Waals surface area (Å²) in [6, 6.07) is 5.53. The maximum atomic E-state index is 12.7. The van der Waals surface area contributed by atoms with Crippen molar-refractivity contribution in [1.82, 2.24) is 10.2 Å².